The first-order valence-electron chi connectivity index (χ1n) is 8.59. The summed E-state index contributed by atoms with van der Waals surface area (Å²) in [5.41, 5.74) is 1.64. The molecule has 0 aliphatic heterocycles. The van der Waals surface area contributed by atoms with Gasteiger partial charge >= 0.3 is 0 Å². The zero-order chi connectivity index (χ0) is 20.1. The number of anilines is 1. The number of carbonyl (C=O) groups is 1. The van der Waals surface area contributed by atoms with E-state index in [0.717, 1.165) is 5.56 Å². The maximum absolute atomic E-state index is 12.6. The second kappa shape index (κ2) is 8.46. The van der Waals surface area contributed by atoms with E-state index in [1.165, 1.54) is 30.3 Å². The molecule has 5 nitrogen and oxygen atoms in total. The number of amides is 1. The van der Waals surface area contributed by atoms with Gasteiger partial charge in [-0.2, -0.15) is 0 Å². The lowest BCUT2D eigenvalue weighted by Gasteiger charge is -2.15. The van der Waals surface area contributed by atoms with Gasteiger partial charge in [0.1, 0.15) is 0 Å². The Morgan fingerprint density at radius 1 is 0.929 bits per heavy atom. The molecule has 0 aliphatic carbocycles. The predicted molar refractivity (Wildman–Crippen MR) is 111 cm³/mol. The van der Waals surface area contributed by atoms with Crippen molar-refractivity contribution in [3.8, 4) is 0 Å². The summed E-state index contributed by atoms with van der Waals surface area (Å²) in [6.07, 6.45) is 0. The van der Waals surface area contributed by atoms with Crippen molar-refractivity contribution >= 4 is 33.2 Å². The van der Waals surface area contributed by atoms with Crippen LogP contribution in [0.1, 0.15) is 28.9 Å². The van der Waals surface area contributed by atoms with Gasteiger partial charge in [-0.15, -0.1) is 0 Å². The molecule has 0 bridgehead atoms. The van der Waals surface area contributed by atoms with Crippen LogP contribution in [0.4, 0.5) is 5.69 Å². The Bertz CT molecular complexity index is 1070. The molecule has 0 fully saturated rings. The number of benzene rings is 3. The Labute approximate surface area is 169 Å². The van der Waals surface area contributed by atoms with Crippen LogP contribution in [-0.4, -0.2) is 14.3 Å². The van der Waals surface area contributed by atoms with Crippen molar-refractivity contribution in [1.82, 2.24) is 5.32 Å². The van der Waals surface area contributed by atoms with Crippen molar-refractivity contribution in [3.05, 3.63) is 95.0 Å². The minimum atomic E-state index is -3.78. The normalized spacial score (nSPS) is 12.2. The van der Waals surface area contributed by atoms with Gasteiger partial charge in [0.15, 0.2) is 0 Å². The van der Waals surface area contributed by atoms with Crippen LogP contribution in [0.5, 0.6) is 0 Å². The largest absolute Gasteiger partial charge is 0.346 e. The average Bonchev–Trinajstić information content (AvgIpc) is 2.69. The summed E-state index contributed by atoms with van der Waals surface area (Å²) in [4.78, 5) is 12.6. The number of nitrogens with one attached hydrogen (secondary N) is 2. The zero-order valence-corrected chi connectivity index (χ0v) is 16.7. The summed E-state index contributed by atoms with van der Waals surface area (Å²) in [5.74, 6) is -0.288. The fourth-order valence-electron chi connectivity index (χ4n) is 2.66. The molecular weight excluding hydrogens is 396 g/mol. The molecule has 0 radical (unpaired) electrons. The maximum atomic E-state index is 12.6. The second-order valence-electron chi connectivity index (χ2n) is 6.25. The molecule has 0 spiro atoms. The van der Waals surface area contributed by atoms with E-state index < -0.39 is 10.0 Å². The fourth-order valence-corrected chi connectivity index (χ4v) is 3.83. The van der Waals surface area contributed by atoms with Gasteiger partial charge in [-0.3, -0.25) is 9.52 Å². The maximum Gasteiger partial charge on any atom is 0.261 e. The van der Waals surface area contributed by atoms with Gasteiger partial charge in [0.05, 0.1) is 10.9 Å². The number of rotatable bonds is 6. The van der Waals surface area contributed by atoms with E-state index in [-0.39, 0.29) is 16.8 Å². The second-order valence-corrected chi connectivity index (χ2v) is 8.36. The molecule has 28 heavy (non-hydrogen) atoms. The lowest BCUT2D eigenvalue weighted by Crippen LogP contribution is -2.26. The lowest BCUT2D eigenvalue weighted by atomic mass is 10.1. The van der Waals surface area contributed by atoms with Crippen LogP contribution in [0, 0.1) is 0 Å². The van der Waals surface area contributed by atoms with E-state index in [9.17, 15) is 13.2 Å². The van der Waals surface area contributed by atoms with E-state index in [1.807, 2.05) is 37.3 Å². The van der Waals surface area contributed by atoms with Crippen molar-refractivity contribution in [1.29, 1.82) is 0 Å². The van der Waals surface area contributed by atoms with Gasteiger partial charge in [0.2, 0.25) is 0 Å². The van der Waals surface area contributed by atoms with Crippen molar-refractivity contribution in [2.75, 3.05) is 4.72 Å². The van der Waals surface area contributed by atoms with Gasteiger partial charge < -0.3 is 5.32 Å². The Kier molecular flexibility index (Phi) is 6.02. The number of halogens is 1. The molecule has 0 heterocycles. The van der Waals surface area contributed by atoms with E-state index in [0.29, 0.717) is 16.3 Å². The summed E-state index contributed by atoms with van der Waals surface area (Å²) in [5, 5.41) is 3.36. The first-order chi connectivity index (χ1) is 13.3. The summed E-state index contributed by atoms with van der Waals surface area (Å²) in [7, 11) is -3.78. The smallest absolute Gasteiger partial charge is 0.261 e. The summed E-state index contributed by atoms with van der Waals surface area (Å²) in [6.45, 7) is 1.89. The Morgan fingerprint density at radius 2 is 1.61 bits per heavy atom. The third-order valence-corrected chi connectivity index (χ3v) is 5.80. The van der Waals surface area contributed by atoms with Crippen molar-refractivity contribution in [2.24, 2.45) is 0 Å². The molecule has 3 rings (SSSR count). The predicted octanol–water partition coefficient (Wildman–Crippen LogP) is 4.63. The third-order valence-electron chi connectivity index (χ3n) is 4.15. The molecule has 1 amide bonds. The van der Waals surface area contributed by atoms with Gasteiger partial charge in [0, 0.05) is 16.3 Å². The van der Waals surface area contributed by atoms with Crippen molar-refractivity contribution < 1.29 is 13.2 Å². The van der Waals surface area contributed by atoms with Crippen molar-refractivity contribution in [2.45, 2.75) is 17.9 Å². The molecule has 7 heteroatoms. The van der Waals surface area contributed by atoms with Crippen LogP contribution < -0.4 is 10.0 Å². The Balaban J connectivity index is 1.74. The topological polar surface area (TPSA) is 75.3 Å². The zero-order valence-electron chi connectivity index (χ0n) is 15.1. The van der Waals surface area contributed by atoms with Crippen molar-refractivity contribution in [3.63, 3.8) is 0 Å². The average molecular weight is 415 g/mol. The van der Waals surface area contributed by atoms with Crippen LogP contribution in [0.15, 0.2) is 83.8 Å². The monoisotopic (exact) mass is 414 g/mol. The SMILES string of the molecule is C[C@@H](NC(=O)c1cccc(NS(=O)(=O)c2ccc(Cl)cc2)c1)c1ccccc1. The molecule has 0 aliphatic rings. The molecule has 3 aromatic carbocycles. The highest BCUT2D eigenvalue weighted by Crippen LogP contribution is 2.20. The van der Waals surface area contributed by atoms with Crippen LogP contribution in [-0.2, 0) is 10.0 Å². The standard InChI is InChI=1S/C21H19ClN2O3S/c1-15(16-6-3-2-4-7-16)23-21(25)17-8-5-9-19(14-17)24-28(26,27)20-12-10-18(22)11-13-20/h2-15,24H,1H3,(H,23,25)/t15-/m1/s1. The van der Waals surface area contributed by atoms with E-state index in [1.54, 1.807) is 18.2 Å². The number of carbonyl (C=O) groups excluding carboxylic acids is 1. The molecular formula is C21H19ClN2O3S. The highest BCUT2D eigenvalue weighted by molar-refractivity contribution is 7.92. The van der Waals surface area contributed by atoms with Gasteiger partial charge in [0.25, 0.3) is 15.9 Å². The molecule has 1 atom stereocenters. The molecule has 0 saturated carbocycles. The summed E-state index contributed by atoms with van der Waals surface area (Å²) < 4.78 is 27.5. The van der Waals surface area contributed by atoms with E-state index >= 15 is 0 Å². The number of hydrogen-bond acceptors (Lipinski definition) is 3. The van der Waals surface area contributed by atoms with Gasteiger partial charge in [-0.25, -0.2) is 8.42 Å². The molecule has 0 unspecified atom stereocenters. The van der Waals surface area contributed by atoms with Crippen LogP contribution in [0.3, 0.4) is 0 Å². The van der Waals surface area contributed by atoms with E-state index in [2.05, 4.69) is 10.0 Å². The quantitative estimate of drug-likeness (QED) is 0.617. The minimum absolute atomic E-state index is 0.0875. The Morgan fingerprint density at radius 3 is 2.29 bits per heavy atom. The summed E-state index contributed by atoms with van der Waals surface area (Å²) in [6, 6.07) is 21.6. The number of hydrogen-bond donors (Lipinski definition) is 2. The summed E-state index contributed by atoms with van der Waals surface area (Å²) >= 11 is 5.80. The van der Waals surface area contributed by atoms with Gasteiger partial charge in [-0.1, -0.05) is 48.0 Å². The first-order valence-corrected chi connectivity index (χ1v) is 10.5. The highest BCUT2D eigenvalue weighted by atomic mass is 35.5. The van der Waals surface area contributed by atoms with Crippen LogP contribution >= 0.6 is 11.6 Å². The third kappa shape index (κ3) is 4.91. The van der Waals surface area contributed by atoms with Crippen LogP contribution in [0.2, 0.25) is 5.02 Å². The van der Waals surface area contributed by atoms with E-state index in [4.69, 9.17) is 11.6 Å². The molecule has 0 saturated heterocycles. The van der Waals surface area contributed by atoms with Crippen LogP contribution in [0.25, 0.3) is 0 Å². The fraction of sp³-hybridized carbons (Fsp3) is 0.0952. The first kappa shape index (κ1) is 19.9. The number of sulfonamides is 1. The molecule has 2 N–H and O–H groups in total. The Hall–Kier alpha value is -2.83. The molecule has 144 valence electrons. The molecule has 0 aromatic heterocycles. The van der Waals surface area contributed by atoms with Gasteiger partial charge in [-0.05, 0) is 55.0 Å². The minimum Gasteiger partial charge on any atom is -0.346 e. The highest BCUT2D eigenvalue weighted by Gasteiger charge is 2.16. The molecule has 3 aromatic rings. The lowest BCUT2D eigenvalue weighted by molar-refractivity contribution is 0.0940.